The number of thiophene rings is 1. The van der Waals surface area contributed by atoms with Gasteiger partial charge in [0.1, 0.15) is 0 Å². The van der Waals surface area contributed by atoms with Crippen molar-refractivity contribution in [3.05, 3.63) is 47.3 Å². The molecule has 0 spiro atoms. The van der Waals surface area contributed by atoms with Gasteiger partial charge in [-0.1, -0.05) is 30.3 Å². The van der Waals surface area contributed by atoms with Crippen LogP contribution >= 0.6 is 11.3 Å². The second-order valence-electron chi connectivity index (χ2n) is 2.87. The van der Waals surface area contributed by atoms with E-state index >= 15 is 0 Å². The van der Waals surface area contributed by atoms with E-state index in [-0.39, 0.29) is 0 Å². The van der Waals surface area contributed by atoms with Crippen molar-refractivity contribution >= 4 is 22.9 Å². The van der Waals surface area contributed by atoms with Crippen molar-refractivity contribution < 1.29 is 8.42 Å². The van der Waals surface area contributed by atoms with Crippen LogP contribution in [0, 0.1) is 6.92 Å². The highest BCUT2D eigenvalue weighted by Gasteiger charge is 2.00. The summed E-state index contributed by atoms with van der Waals surface area (Å²) in [4.78, 5) is 1.38. The Morgan fingerprint density at radius 1 is 1.07 bits per heavy atom. The number of hydrogen-bond donors (Lipinski definition) is 0. The van der Waals surface area contributed by atoms with Crippen LogP contribution in [0.4, 0.5) is 0 Å². The van der Waals surface area contributed by atoms with Gasteiger partial charge >= 0.3 is 11.6 Å². The van der Waals surface area contributed by atoms with E-state index < -0.39 is 11.6 Å². The topological polar surface area (TPSA) is 34.1 Å². The first-order valence-corrected chi connectivity index (χ1v) is 5.85. The van der Waals surface area contributed by atoms with Gasteiger partial charge in [0.15, 0.2) is 0 Å². The van der Waals surface area contributed by atoms with Crippen molar-refractivity contribution in [2.75, 3.05) is 0 Å². The molecule has 0 saturated carbocycles. The minimum Gasteiger partial charge on any atom is -0.168 e. The molecule has 2 rings (SSSR count). The molecule has 1 aromatic carbocycles. The van der Waals surface area contributed by atoms with Crippen molar-refractivity contribution in [3.63, 3.8) is 0 Å². The molecule has 0 radical (unpaired) electrons. The molecule has 78 valence electrons. The molecule has 2 nitrogen and oxygen atoms in total. The van der Waals surface area contributed by atoms with Gasteiger partial charge in [-0.15, -0.1) is 11.3 Å². The molecule has 0 fully saturated rings. The van der Waals surface area contributed by atoms with Crippen LogP contribution in [0.1, 0.15) is 5.56 Å². The lowest BCUT2D eigenvalue weighted by molar-refractivity contribution is 0.630. The van der Waals surface area contributed by atoms with Crippen LogP contribution in [0.2, 0.25) is 0 Å². The lowest BCUT2D eigenvalue weighted by atomic mass is 10.1. The zero-order valence-corrected chi connectivity index (χ0v) is 9.81. The first-order valence-electron chi connectivity index (χ1n) is 4.31. The van der Waals surface area contributed by atoms with Crippen molar-refractivity contribution in [2.45, 2.75) is 6.92 Å². The molecule has 0 atom stereocenters. The largest absolute Gasteiger partial charge is 0.335 e. The molecule has 4 heteroatoms. The molecule has 0 aliphatic heterocycles. The van der Waals surface area contributed by atoms with Crippen molar-refractivity contribution in [1.29, 1.82) is 0 Å². The van der Waals surface area contributed by atoms with E-state index in [4.69, 9.17) is 8.42 Å². The molecule has 15 heavy (non-hydrogen) atoms. The quantitative estimate of drug-likeness (QED) is 0.765. The summed E-state index contributed by atoms with van der Waals surface area (Å²) in [7, 11) is 0. The number of benzene rings is 1. The minimum atomic E-state index is -0.750. The van der Waals surface area contributed by atoms with Gasteiger partial charge in [-0.05, 0) is 29.5 Å². The lowest BCUT2D eigenvalue weighted by Crippen LogP contribution is -1.72. The molecule has 1 heterocycles. The van der Waals surface area contributed by atoms with E-state index in [0.717, 1.165) is 0 Å². The Hall–Kier alpha value is -1.26. The highest BCUT2D eigenvalue weighted by molar-refractivity contribution is 7.51. The van der Waals surface area contributed by atoms with Gasteiger partial charge in [0.05, 0.1) is 0 Å². The number of rotatable bonds is 1. The molecule has 0 unspecified atom stereocenters. The second kappa shape index (κ2) is 6.27. The Bertz CT molecular complexity index is 443. The SMILES string of the molecule is Cc1ccsc1-c1ccccc1.O=S=O. The highest BCUT2D eigenvalue weighted by atomic mass is 32.1. The summed E-state index contributed by atoms with van der Waals surface area (Å²) in [6.07, 6.45) is 0. The predicted molar refractivity (Wildman–Crippen MR) is 63.4 cm³/mol. The Labute approximate surface area is 96.2 Å². The summed E-state index contributed by atoms with van der Waals surface area (Å²) in [5, 5.41) is 2.14. The third-order valence-corrected chi connectivity index (χ3v) is 2.96. The average molecular weight is 238 g/mol. The van der Waals surface area contributed by atoms with Gasteiger partial charge in [0.2, 0.25) is 0 Å². The molecule has 2 aromatic rings. The lowest BCUT2D eigenvalue weighted by Gasteiger charge is -1.97. The van der Waals surface area contributed by atoms with Crippen LogP contribution < -0.4 is 0 Å². The summed E-state index contributed by atoms with van der Waals surface area (Å²) in [6, 6.07) is 12.7. The fourth-order valence-corrected chi connectivity index (χ4v) is 2.19. The monoisotopic (exact) mass is 238 g/mol. The van der Waals surface area contributed by atoms with Crippen LogP contribution in [0.3, 0.4) is 0 Å². The van der Waals surface area contributed by atoms with Gasteiger partial charge in [-0.3, -0.25) is 0 Å². The molecule has 0 saturated heterocycles. The first-order chi connectivity index (χ1) is 7.29. The molecule has 0 aliphatic rings. The maximum Gasteiger partial charge on any atom is 0.335 e. The molecule has 0 N–H and O–H groups in total. The molecule has 1 aromatic heterocycles. The average Bonchev–Trinajstić information content (AvgIpc) is 2.67. The molecular weight excluding hydrogens is 228 g/mol. The minimum absolute atomic E-state index is 0.750. The van der Waals surface area contributed by atoms with E-state index in [1.807, 2.05) is 6.07 Å². The van der Waals surface area contributed by atoms with Gasteiger partial charge in [0.25, 0.3) is 0 Å². The summed E-state index contributed by atoms with van der Waals surface area (Å²) in [5.41, 5.74) is 2.69. The maximum atomic E-state index is 8.29. The fraction of sp³-hybridized carbons (Fsp3) is 0.0909. The van der Waals surface area contributed by atoms with Gasteiger partial charge in [0, 0.05) is 4.88 Å². The third kappa shape index (κ3) is 3.42. The zero-order chi connectivity index (χ0) is 11.1. The van der Waals surface area contributed by atoms with E-state index in [0.29, 0.717) is 0 Å². The van der Waals surface area contributed by atoms with E-state index in [1.165, 1.54) is 16.0 Å². The second-order valence-corrected chi connectivity index (χ2v) is 3.92. The smallest absolute Gasteiger partial charge is 0.168 e. The summed E-state index contributed by atoms with van der Waals surface area (Å²) in [5.74, 6) is 0. The number of aryl methyl sites for hydroxylation is 1. The van der Waals surface area contributed by atoms with Crippen LogP contribution in [0.5, 0.6) is 0 Å². The van der Waals surface area contributed by atoms with Crippen LogP contribution in [0.25, 0.3) is 10.4 Å². The Morgan fingerprint density at radius 2 is 1.67 bits per heavy atom. The zero-order valence-electron chi connectivity index (χ0n) is 8.17. The Kier molecular flexibility index (Phi) is 4.93. The van der Waals surface area contributed by atoms with Gasteiger partial charge in [-0.25, -0.2) is 0 Å². The van der Waals surface area contributed by atoms with E-state index in [9.17, 15) is 0 Å². The maximum absolute atomic E-state index is 8.29. The van der Waals surface area contributed by atoms with E-state index in [1.54, 1.807) is 11.3 Å². The van der Waals surface area contributed by atoms with Crippen molar-refractivity contribution in [2.24, 2.45) is 0 Å². The molecule has 0 aliphatic carbocycles. The Balaban J connectivity index is 0.000000337. The van der Waals surface area contributed by atoms with Crippen LogP contribution in [0.15, 0.2) is 41.8 Å². The fourth-order valence-electron chi connectivity index (χ4n) is 1.26. The molecular formula is C11H10O2S2. The third-order valence-electron chi connectivity index (χ3n) is 1.90. The number of hydrogen-bond acceptors (Lipinski definition) is 3. The van der Waals surface area contributed by atoms with E-state index in [2.05, 4.69) is 42.6 Å². The van der Waals surface area contributed by atoms with Gasteiger partial charge in [-0.2, -0.15) is 8.42 Å². The normalized spacial score (nSPS) is 8.87. The van der Waals surface area contributed by atoms with Gasteiger partial charge < -0.3 is 0 Å². The molecule has 0 bridgehead atoms. The molecule has 0 amide bonds. The standard InChI is InChI=1S/C11H10S.O2S/c1-9-7-8-12-11(9)10-5-3-2-4-6-10;1-3-2/h2-8H,1H3;. The predicted octanol–water partition coefficient (Wildman–Crippen LogP) is 3.05. The van der Waals surface area contributed by atoms with Crippen molar-refractivity contribution in [3.8, 4) is 10.4 Å². The van der Waals surface area contributed by atoms with Crippen LogP contribution in [-0.4, -0.2) is 8.42 Å². The first kappa shape index (κ1) is 11.8. The van der Waals surface area contributed by atoms with Crippen molar-refractivity contribution in [1.82, 2.24) is 0 Å². The van der Waals surface area contributed by atoms with Crippen LogP contribution in [-0.2, 0) is 11.6 Å². The summed E-state index contributed by atoms with van der Waals surface area (Å²) in [6.45, 7) is 2.15. The Morgan fingerprint density at radius 3 is 2.13 bits per heavy atom. The highest BCUT2D eigenvalue weighted by Crippen LogP contribution is 2.28. The summed E-state index contributed by atoms with van der Waals surface area (Å²) < 4.78 is 16.6. The summed E-state index contributed by atoms with van der Waals surface area (Å²) >= 11 is 1.05.